The summed E-state index contributed by atoms with van der Waals surface area (Å²) in [5, 5.41) is 2.88. The Balaban J connectivity index is 1.60. The average Bonchev–Trinajstić information content (AvgIpc) is 2.79. The summed E-state index contributed by atoms with van der Waals surface area (Å²) in [5.41, 5.74) is 0.604. The van der Waals surface area contributed by atoms with Gasteiger partial charge in [0, 0.05) is 30.8 Å². The monoisotopic (exact) mass is 448 g/mol. The van der Waals surface area contributed by atoms with E-state index in [-0.39, 0.29) is 16.7 Å². The van der Waals surface area contributed by atoms with Crippen molar-refractivity contribution in [2.75, 3.05) is 39.2 Å². The number of methoxy groups -OCH3 is 2. The molecule has 0 unspecified atom stereocenters. The Morgan fingerprint density at radius 1 is 1.03 bits per heavy atom. The number of hydrogen-bond acceptors (Lipinski definition) is 6. The molecule has 1 fully saturated rings. The lowest BCUT2D eigenvalue weighted by Crippen LogP contribution is -2.41. The highest BCUT2D eigenvalue weighted by molar-refractivity contribution is 7.89. The molecule has 2 aromatic rings. The van der Waals surface area contributed by atoms with Crippen molar-refractivity contribution in [2.24, 2.45) is 5.92 Å². The zero-order chi connectivity index (χ0) is 22.4. The molecular weight excluding hydrogens is 420 g/mol. The van der Waals surface area contributed by atoms with E-state index in [1.54, 1.807) is 49.6 Å². The van der Waals surface area contributed by atoms with Crippen LogP contribution in [0.1, 0.15) is 19.8 Å². The lowest BCUT2D eigenvalue weighted by atomic mass is 9.97. The third-order valence-corrected chi connectivity index (χ3v) is 7.16. The highest BCUT2D eigenvalue weighted by Gasteiger charge is 2.32. The van der Waals surface area contributed by atoms with Crippen LogP contribution in [-0.4, -0.2) is 52.5 Å². The number of nitrogens with one attached hydrogen (secondary N) is 1. The molecule has 0 aromatic heterocycles. The number of rotatable bonds is 8. The fourth-order valence-electron chi connectivity index (χ4n) is 3.54. The fourth-order valence-corrected chi connectivity index (χ4v) is 5.01. The third kappa shape index (κ3) is 5.29. The molecule has 31 heavy (non-hydrogen) atoms. The lowest BCUT2D eigenvalue weighted by molar-refractivity contribution is -0.120. The van der Waals surface area contributed by atoms with Gasteiger partial charge in [0.15, 0.2) is 11.5 Å². The quantitative estimate of drug-likeness (QED) is 0.667. The number of nitrogens with zero attached hydrogens (tertiary/aromatic N) is 1. The van der Waals surface area contributed by atoms with E-state index in [1.807, 2.05) is 6.92 Å². The minimum Gasteiger partial charge on any atom is -0.494 e. The van der Waals surface area contributed by atoms with Gasteiger partial charge in [-0.1, -0.05) is 0 Å². The maximum atomic E-state index is 12.9. The number of benzene rings is 2. The Morgan fingerprint density at radius 2 is 1.68 bits per heavy atom. The Hall–Kier alpha value is -2.78. The van der Waals surface area contributed by atoms with Crippen molar-refractivity contribution >= 4 is 21.6 Å². The molecule has 1 heterocycles. The average molecular weight is 449 g/mol. The summed E-state index contributed by atoms with van der Waals surface area (Å²) in [6.07, 6.45) is 0.908. The van der Waals surface area contributed by atoms with Crippen LogP contribution in [-0.2, 0) is 14.8 Å². The van der Waals surface area contributed by atoms with Gasteiger partial charge in [-0.15, -0.1) is 0 Å². The van der Waals surface area contributed by atoms with Crippen LogP contribution in [0.15, 0.2) is 47.4 Å². The van der Waals surface area contributed by atoms with Crippen LogP contribution < -0.4 is 19.5 Å². The fraction of sp³-hybridized carbons (Fsp3) is 0.409. The molecule has 1 saturated heterocycles. The molecule has 3 rings (SSSR count). The van der Waals surface area contributed by atoms with E-state index in [9.17, 15) is 13.2 Å². The van der Waals surface area contributed by atoms with Crippen molar-refractivity contribution in [3.05, 3.63) is 42.5 Å². The molecule has 8 nitrogen and oxygen atoms in total. The van der Waals surface area contributed by atoms with Gasteiger partial charge in [-0.2, -0.15) is 4.31 Å². The first-order chi connectivity index (χ1) is 14.9. The largest absolute Gasteiger partial charge is 0.494 e. The first-order valence-electron chi connectivity index (χ1n) is 10.1. The summed E-state index contributed by atoms with van der Waals surface area (Å²) >= 11 is 0. The second-order valence-electron chi connectivity index (χ2n) is 7.14. The normalized spacial score (nSPS) is 15.3. The van der Waals surface area contributed by atoms with Gasteiger partial charge in [0.1, 0.15) is 5.75 Å². The minimum atomic E-state index is -3.60. The van der Waals surface area contributed by atoms with Crippen LogP contribution in [0, 0.1) is 5.92 Å². The summed E-state index contributed by atoms with van der Waals surface area (Å²) in [6, 6.07) is 11.6. The van der Waals surface area contributed by atoms with Gasteiger partial charge in [-0.05, 0) is 56.2 Å². The van der Waals surface area contributed by atoms with Gasteiger partial charge in [0.25, 0.3) is 0 Å². The molecule has 0 radical (unpaired) electrons. The number of ether oxygens (including phenoxy) is 3. The third-order valence-electron chi connectivity index (χ3n) is 5.25. The van der Waals surface area contributed by atoms with Crippen molar-refractivity contribution in [2.45, 2.75) is 24.7 Å². The van der Waals surface area contributed by atoms with E-state index < -0.39 is 10.0 Å². The molecule has 1 N–H and O–H groups in total. The van der Waals surface area contributed by atoms with Crippen molar-refractivity contribution in [3.63, 3.8) is 0 Å². The van der Waals surface area contributed by atoms with Crippen molar-refractivity contribution in [1.82, 2.24) is 4.31 Å². The molecule has 9 heteroatoms. The highest BCUT2D eigenvalue weighted by atomic mass is 32.2. The molecular formula is C22H28N2O6S. The Labute approximate surface area is 183 Å². The van der Waals surface area contributed by atoms with E-state index >= 15 is 0 Å². The smallest absolute Gasteiger partial charge is 0.243 e. The van der Waals surface area contributed by atoms with Gasteiger partial charge in [0.05, 0.1) is 25.7 Å². The van der Waals surface area contributed by atoms with Crippen molar-refractivity contribution < 1.29 is 27.4 Å². The Bertz CT molecular complexity index is 999. The second kappa shape index (κ2) is 10.0. The SMILES string of the molecule is CCOc1ccc(S(=O)(=O)N2CCC(C(=O)Nc3ccc(OC)c(OC)c3)CC2)cc1. The molecule has 0 spiro atoms. The van der Waals surface area contributed by atoms with Crippen LogP contribution in [0.25, 0.3) is 0 Å². The molecule has 2 aromatic carbocycles. The number of piperidine rings is 1. The van der Waals surface area contributed by atoms with Gasteiger partial charge in [0.2, 0.25) is 15.9 Å². The summed E-state index contributed by atoms with van der Waals surface area (Å²) in [4.78, 5) is 12.9. The zero-order valence-corrected chi connectivity index (χ0v) is 18.8. The number of carbonyl (C=O) groups is 1. The predicted octanol–water partition coefficient (Wildman–Crippen LogP) is 3.14. The standard InChI is InChI=1S/C22H28N2O6S/c1-4-30-18-6-8-19(9-7-18)31(26,27)24-13-11-16(12-14-24)22(25)23-17-5-10-20(28-2)21(15-17)29-3/h5-10,15-16H,4,11-14H2,1-3H3,(H,23,25). The van der Waals surface area contributed by atoms with Crippen molar-refractivity contribution in [1.29, 1.82) is 0 Å². The van der Waals surface area contributed by atoms with Crippen LogP contribution >= 0.6 is 0 Å². The van der Waals surface area contributed by atoms with Gasteiger partial charge >= 0.3 is 0 Å². The van der Waals surface area contributed by atoms with Crippen LogP contribution in [0.5, 0.6) is 17.2 Å². The van der Waals surface area contributed by atoms with E-state index in [4.69, 9.17) is 14.2 Å². The number of amides is 1. The van der Waals surface area contributed by atoms with Crippen LogP contribution in [0.4, 0.5) is 5.69 Å². The first kappa shape index (κ1) is 22.9. The minimum absolute atomic E-state index is 0.134. The van der Waals surface area contributed by atoms with E-state index in [0.29, 0.717) is 55.5 Å². The molecule has 0 aliphatic carbocycles. The first-order valence-corrected chi connectivity index (χ1v) is 11.6. The number of hydrogen-bond donors (Lipinski definition) is 1. The molecule has 1 aliphatic heterocycles. The molecule has 168 valence electrons. The summed E-state index contributed by atoms with van der Waals surface area (Å²) in [7, 11) is -0.524. The summed E-state index contributed by atoms with van der Waals surface area (Å²) in [5.74, 6) is 1.34. The summed E-state index contributed by atoms with van der Waals surface area (Å²) in [6.45, 7) is 2.97. The predicted molar refractivity (Wildman–Crippen MR) is 117 cm³/mol. The maximum Gasteiger partial charge on any atom is 0.243 e. The van der Waals surface area contributed by atoms with Crippen molar-refractivity contribution in [3.8, 4) is 17.2 Å². The van der Waals surface area contributed by atoms with E-state index in [1.165, 1.54) is 11.4 Å². The molecule has 0 atom stereocenters. The topological polar surface area (TPSA) is 94.2 Å². The van der Waals surface area contributed by atoms with E-state index in [0.717, 1.165) is 0 Å². The number of carbonyl (C=O) groups excluding carboxylic acids is 1. The maximum absolute atomic E-state index is 12.9. The number of sulfonamides is 1. The molecule has 0 saturated carbocycles. The molecule has 1 amide bonds. The highest BCUT2D eigenvalue weighted by Crippen LogP contribution is 2.31. The zero-order valence-electron chi connectivity index (χ0n) is 18.0. The summed E-state index contributed by atoms with van der Waals surface area (Å²) < 4.78 is 43.1. The molecule has 1 aliphatic rings. The molecule has 0 bridgehead atoms. The number of anilines is 1. The van der Waals surface area contributed by atoms with Gasteiger partial charge in [-0.3, -0.25) is 4.79 Å². The Morgan fingerprint density at radius 3 is 2.26 bits per heavy atom. The van der Waals surface area contributed by atoms with Gasteiger partial charge < -0.3 is 19.5 Å². The second-order valence-corrected chi connectivity index (χ2v) is 9.08. The van der Waals surface area contributed by atoms with Crippen LogP contribution in [0.3, 0.4) is 0 Å². The Kier molecular flexibility index (Phi) is 7.40. The van der Waals surface area contributed by atoms with Crippen LogP contribution in [0.2, 0.25) is 0 Å². The lowest BCUT2D eigenvalue weighted by Gasteiger charge is -2.30. The van der Waals surface area contributed by atoms with Gasteiger partial charge in [-0.25, -0.2) is 8.42 Å². The van der Waals surface area contributed by atoms with E-state index in [2.05, 4.69) is 5.32 Å².